The molecule has 160 valence electrons. The number of nitrogens with zero attached hydrogens (tertiary/aromatic N) is 1. The third kappa shape index (κ3) is 5.97. The minimum absolute atomic E-state index is 0.116. The van der Waals surface area contributed by atoms with Crippen molar-refractivity contribution in [3.05, 3.63) is 53.6 Å². The van der Waals surface area contributed by atoms with Gasteiger partial charge in [-0.15, -0.1) is 0 Å². The molecule has 0 saturated heterocycles. The van der Waals surface area contributed by atoms with E-state index in [-0.39, 0.29) is 11.5 Å². The predicted octanol–water partition coefficient (Wildman–Crippen LogP) is 2.98. The Morgan fingerprint density at radius 2 is 1.53 bits per heavy atom. The lowest BCUT2D eigenvalue weighted by Gasteiger charge is -2.19. The molecule has 0 radical (unpaired) electrons. The van der Waals surface area contributed by atoms with Crippen LogP contribution in [0.25, 0.3) is 0 Å². The highest BCUT2D eigenvalue weighted by Gasteiger charge is 2.15. The van der Waals surface area contributed by atoms with Gasteiger partial charge in [0.2, 0.25) is 0 Å². The first-order valence-electron chi connectivity index (χ1n) is 9.51. The van der Waals surface area contributed by atoms with Crippen molar-refractivity contribution in [2.24, 2.45) is 0 Å². The Kier molecular flexibility index (Phi) is 8.22. The number of nitrogens with one attached hydrogen (secondary N) is 1. The van der Waals surface area contributed by atoms with Crippen LogP contribution in [0.5, 0.6) is 11.5 Å². The van der Waals surface area contributed by atoms with E-state index in [0.29, 0.717) is 35.8 Å². The Morgan fingerprint density at radius 1 is 0.900 bits per heavy atom. The van der Waals surface area contributed by atoms with Crippen molar-refractivity contribution in [1.82, 2.24) is 4.90 Å². The van der Waals surface area contributed by atoms with E-state index < -0.39 is 18.5 Å². The SMILES string of the molecule is CCN(CC)C(=O)c1cccc(NC(=O)COC(=O)c2cc(OC)cc(OC)c2)c1. The number of hydrogen-bond donors (Lipinski definition) is 1. The van der Waals surface area contributed by atoms with E-state index in [0.717, 1.165) is 0 Å². The van der Waals surface area contributed by atoms with Crippen LogP contribution in [-0.4, -0.2) is 56.6 Å². The van der Waals surface area contributed by atoms with Crippen LogP contribution >= 0.6 is 0 Å². The molecule has 8 heteroatoms. The number of methoxy groups -OCH3 is 2. The molecule has 0 spiro atoms. The van der Waals surface area contributed by atoms with Crippen LogP contribution in [0.2, 0.25) is 0 Å². The number of hydrogen-bond acceptors (Lipinski definition) is 6. The number of carbonyl (C=O) groups is 3. The van der Waals surface area contributed by atoms with Crippen LogP contribution in [0.1, 0.15) is 34.6 Å². The highest BCUT2D eigenvalue weighted by molar-refractivity contribution is 5.98. The maximum atomic E-state index is 12.4. The quantitative estimate of drug-likeness (QED) is 0.634. The molecular formula is C22H26N2O6. The molecule has 0 atom stereocenters. The summed E-state index contributed by atoms with van der Waals surface area (Å²) in [5, 5.41) is 2.63. The molecule has 2 amide bonds. The van der Waals surface area contributed by atoms with Gasteiger partial charge in [-0.1, -0.05) is 6.07 Å². The fourth-order valence-corrected chi connectivity index (χ4v) is 2.76. The molecule has 0 aliphatic heterocycles. The molecule has 2 rings (SSSR count). The van der Waals surface area contributed by atoms with Crippen LogP contribution < -0.4 is 14.8 Å². The van der Waals surface area contributed by atoms with Gasteiger partial charge in [0.1, 0.15) is 11.5 Å². The maximum absolute atomic E-state index is 12.4. The average Bonchev–Trinajstić information content (AvgIpc) is 2.77. The van der Waals surface area contributed by atoms with Gasteiger partial charge in [-0.3, -0.25) is 9.59 Å². The van der Waals surface area contributed by atoms with Crippen molar-refractivity contribution in [3.8, 4) is 11.5 Å². The van der Waals surface area contributed by atoms with E-state index in [4.69, 9.17) is 14.2 Å². The summed E-state index contributed by atoms with van der Waals surface area (Å²) in [4.78, 5) is 38.6. The van der Waals surface area contributed by atoms with Crippen LogP contribution in [0.15, 0.2) is 42.5 Å². The smallest absolute Gasteiger partial charge is 0.338 e. The van der Waals surface area contributed by atoms with Crippen LogP contribution in [0.4, 0.5) is 5.69 Å². The maximum Gasteiger partial charge on any atom is 0.338 e. The molecule has 0 aliphatic rings. The zero-order valence-electron chi connectivity index (χ0n) is 17.6. The zero-order valence-corrected chi connectivity index (χ0v) is 17.6. The van der Waals surface area contributed by atoms with E-state index in [9.17, 15) is 14.4 Å². The lowest BCUT2D eigenvalue weighted by molar-refractivity contribution is -0.119. The van der Waals surface area contributed by atoms with Crippen LogP contribution in [-0.2, 0) is 9.53 Å². The number of esters is 1. The third-order valence-corrected chi connectivity index (χ3v) is 4.37. The summed E-state index contributed by atoms with van der Waals surface area (Å²) in [7, 11) is 2.94. The summed E-state index contributed by atoms with van der Waals surface area (Å²) >= 11 is 0. The molecule has 2 aromatic rings. The highest BCUT2D eigenvalue weighted by atomic mass is 16.5. The standard InChI is InChI=1S/C22H26N2O6/c1-5-24(6-2)21(26)15-8-7-9-17(10-15)23-20(25)14-30-22(27)16-11-18(28-3)13-19(12-16)29-4/h7-13H,5-6,14H2,1-4H3,(H,23,25). The van der Waals surface area contributed by atoms with Crippen molar-refractivity contribution in [1.29, 1.82) is 0 Å². The Labute approximate surface area is 175 Å². The van der Waals surface area contributed by atoms with Gasteiger partial charge in [0.15, 0.2) is 6.61 Å². The van der Waals surface area contributed by atoms with E-state index in [1.807, 2.05) is 13.8 Å². The molecule has 1 N–H and O–H groups in total. The molecule has 30 heavy (non-hydrogen) atoms. The number of ether oxygens (including phenoxy) is 3. The molecule has 0 saturated carbocycles. The largest absolute Gasteiger partial charge is 0.497 e. The van der Waals surface area contributed by atoms with Gasteiger partial charge < -0.3 is 24.4 Å². The van der Waals surface area contributed by atoms with E-state index >= 15 is 0 Å². The number of amides is 2. The van der Waals surface area contributed by atoms with Crippen molar-refractivity contribution < 1.29 is 28.6 Å². The van der Waals surface area contributed by atoms with Crippen LogP contribution in [0, 0.1) is 0 Å². The number of benzene rings is 2. The normalized spacial score (nSPS) is 10.1. The number of rotatable bonds is 9. The first kappa shape index (κ1) is 22.7. The minimum Gasteiger partial charge on any atom is -0.497 e. The van der Waals surface area contributed by atoms with Crippen molar-refractivity contribution in [3.63, 3.8) is 0 Å². The summed E-state index contributed by atoms with van der Waals surface area (Å²) in [6.45, 7) is 4.51. The first-order valence-corrected chi connectivity index (χ1v) is 9.51. The molecule has 0 heterocycles. The second-order valence-electron chi connectivity index (χ2n) is 6.28. The van der Waals surface area contributed by atoms with Gasteiger partial charge in [0, 0.05) is 30.4 Å². The van der Waals surface area contributed by atoms with Gasteiger partial charge in [-0.25, -0.2) is 4.79 Å². The minimum atomic E-state index is -0.687. The summed E-state index contributed by atoms with van der Waals surface area (Å²) in [6, 6.07) is 11.2. The van der Waals surface area contributed by atoms with Crippen molar-refractivity contribution in [2.75, 3.05) is 39.2 Å². The number of anilines is 1. The molecule has 0 bridgehead atoms. The molecule has 8 nitrogen and oxygen atoms in total. The van der Waals surface area contributed by atoms with Gasteiger partial charge in [0.25, 0.3) is 11.8 Å². The molecule has 2 aromatic carbocycles. The topological polar surface area (TPSA) is 94.2 Å². The van der Waals surface area contributed by atoms with Gasteiger partial charge in [-0.05, 0) is 44.2 Å². The first-order chi connectivity index (χ1) is 14.4. The average molecular weight is 414 g/mol. The summed E-state index contributed by atoms with van der Waals surface area (Å²) in [5.41, 5.74) is 1.11. The fraction of sp³-hybridized carbons (Fsp3) is 0.318. The monoisotopic (exact) mass is 414 g/mol. The third-order valence-electron chi connectivity index (χ3n) is 4.37. The van der Waals surface area contributed by atoms with Gasteiger partial charge in [0.05, 0.1) is 19.8 Å². The molecule has 0 fully saturated rings. The van der Waals surface area contributed by atoms with Gasteiger partial charge in [-0.2, -0.15) is 0 Å². The summed E-state index contributed by atoms with van der Waals surface area (Å²) in [6.07, 6.45) is 0. The Hall–Kier alpha value is -3.55. The lowest BCUT2D eigenvalue weighted by atomic mass is 10.1. The Bertz CT molecular complexity index is 886. The van der Waals surface area contributed by atoms with E-state index in [1.54, 1.807) is 35.2 Å². The van der Waals surface area contributed by atoms with Crippen molar-refractivity contribution >= 4 is 23.5 Å². The highest BCUT2D eigenvalue weighted by Crippen LogP contribution is 2.23. The summed E-state index contributed by atoms with van der Waals surface area (Å²) < 4.78 is 15.3. The summed E-state index contributed by atoms with van der Waals surface area (Å²) in [5.74, 6) is -0.464. The number of carbonyl (C=O) groups excluding carboxylic acids is 3. The molecule has 0 aliphatic carbocycles. The van der Waals surface area contributed by atoms with E-state index in [2.05, 4.69) is 5.32 Å². The Morgan fingerprint density at radius 3 is 2.10 bits per heavy atom. The zero-order chi connectivity index (χ0) is 22.1. The van der Waals surface area contributed by atoms with E-state index in [1.165, 1.54) is 26.4 Å². The molecule has 0 aromatic heterocycles. The van der Waals surface area contributed by atoms with Crippen molar-refractivity contribution in [2.45, 2.75) is 13.8 Å². The van der Waals surface area contributed by atoms with Gasteiger partial charge >= 0.3 is 5.97 Å². The van der Waals surface area contributed by atoms with Crippen LogP contribution in [0.3, 0.4) is 0 Å². The predicted molar refractivity (Wildman–Crippen MR) is 112 cm³/mol. The fourth-order valence-electron chi connectivity index (χ4n) is 2.76. The lowest BCUT2D eigenvalue weighted by Crippen LogP contribution is -2.30. The second-order valence-corrected chi connectivity index (χ2v) is 6.28. The Balaban J connectivity index is 1.99. The molecule has 0 unspecified atom stereocenters. The molecular weight excluding hydrogens is 388 g/mol. The second kappa shape index (κ2) is 10.8.